The fourth-order valence-corrected chi connectivity index (χ4v) is 4.05. The zero-order valence-corrected chi connectivity index (χ0v) is 20.0. The minimum Gasteiger partial charge on any atom is -0.467 e. The zero-order valence-electron chi connectivity index (χ0n) is 19.2. The van der Waals surface area contributed by atoms with Crippen molar-refractivity contribution in [2.45, 2.75) is 18.9 Å². The van der Waals surface area contributed by atoms with E-state index in [0.717, 1.165) is 5.76 Å². The second-order valence-corrected chi connectivity index (χ2v) is 8.29. The molecule has 8 heteroatoms. The largest absolute Gasteiger partial charge is 0.467 e. The summed E-state index contributed by atoms with van der Waals surface area (Å²) in [6.07, 6.45) is 5.15. The second-order valence-electron chi connectivity index (χ2n) is 7.88. The maximum absolute atomic E-state index is 9.13. The molecule has 0 bridgehead atoms. The highest BCUT2D eigenvalue weighted by molar-refractivity contribution is 7.80. The van der Waals surface area contributed by atoms with Gasteiger partial charge in [0.05, 0.1) is 31.5 Å². The van der Waals surface area contributed by atoms with E-state index >= 15 is 0 Å². The van der Waals surface area contributed by atoms with Crippen LogP contribution in [-0.2, 0) is 6.54 Å². The Morgan fingerprint density at radius 2 is 1.74 bits per heavy atom. The lowest BCUT2D eigenvalue weighted by atomic mass is 9.91. The molecule has 2 aromatic carbocycles. The van der Waals surface area contributed by atoms with E-state index in [9.17, 15) is 0 Å². The van der Waals surface area contributed by atoms with Crippen molar-refractivity contribution < 1.29 is 4.42 Å². The number of rotatable bonds is 10. The van der Waals surface area contributed by atoms with Gasteiger partial charge in [0.1, 0.15) is 17.8 Å². The van der Waals surface area contributed by atoms with Gasteiger partial charge < -0.3 is 20.0 Å². The molecule has 2 heterocycles. The molecule has 0 aliphatic carbocycles. The van der Waals surface area contributed by atoms with Crippen LogP contribution in [0.2, 0.25) is 0 Å². The average molecular weight is 483 g/mol. The molecule has 2 N–H and O–H groups in total. The van der Waals surface area contributed by atoms with Gasteiger partial charge in [0.15, 0.2) is 10.9 Å². The van der Waals surface area contributed by atoms with Gasteiger partial charge in [0.2, 0.25) is 0 Å². The first-order chi connectivity index (χ1) is 17.2. The molecular weight excluding hydrogens is 456 g/mol. The third-order valence-corrected chi connectivity index (χ3v) is 5.78. The summed E-state index contributed by atoms with van der Waals surface area (Å²) in [6, 6.07) is 26.7. The van der Waals surface area contributed by atoms with Gasteiger partial charge in [-0.2, -0.15) is 5.26 Å². The Kier molecular flexibility index (Phi) is 8.41. The van der Waals surface area contributed by atoms with Crippen molar-refractivity contribution in [3.8, 4) is 6.07 Å². The molecule has 0 radical (unpaired) electrons. The SMILES string of the molecule is N#CCCN(Cc1ccco1)c1ncncc1NC(=S)NCC(c1ccccc1)c1ccccc1. The quantitative estimate of drug-likeness (QED) is 0.302. The summed E-state index contributed by atoms with van der Waals surface area (Å²) in [5, 5.41) is 16.2. The standard InChI is InChI=1S/C27H26N6OS/c28-14-8-15-33(19-23-13-7-16-34-23)26-25(18-29-20-31-26)32-27(35)30-17-24(21-9-3-1-4-10-21)22-11-5-2-6-12-22/h1-7,9-13,16,18,20,24H,8,15,17,19H2,(H2,30,32,35). The van der Waals surface area contributed by atoms with Crippen molar-refractivity contribution in [1.82, 2.24) is 15.3 Å². The normalized spacial score (nSPS) is 10.5. The van der Waals surface area contributed by atoms with Crippen LogP contribution in [0.25, 0.3) is 0 Å². The van der Waals surface area contributed by atoms with E-state index in [4.69, 9.17) is 21.9 Å². The summed E-state index contributed by atoms with van der Waals surface area (Å²) in [5.41, 5.74) is 3.07. The number of anilines is 2. The van der Waals surface area contributed by atoms with Gasteiger partial charge >= 0.3 is 0 Å². The Bertz CT molecular complexity index is 1200. The molecule has 0 fully saturated rings. The predicted molar refractivity (Wildman–Crippen MR) is 141 cm³/mol. The van der Waals surface area contributed by atoms with Crippen LogP contribution in [0, 0.1) is 11.3 Å². The summed E-state index contributed by atoms with van der Waals surface area (Å²) in [6.45, 7) is 1.59. The first-order valence-corrected chi connectivity index (χ1v) is 11.7. The van der Waals surface area contributed by atoms with Crippen molar-refractivity contribution in [2.75, 3.05) is 23.3 Å². The van der Waals surface area contributed by atoms with Crippen LogP contribution in [-0.4, -0.2) is 28.2 Å². The van der Waals surface area contributed by atoms with Gasteiger partial charge in [0, 0.05) is 19.0 Å². The van der Waals surface area contributed by atoms with Crippen molar-refractivity contribution in [2.24, 2.45) is 0 Å². The first kappa shape index (κ1) is 23.9. The van der Waals surface area contributed by atoms with Crippen molar-refractivity contribution in [1.29, 1.82) is 5.26 Å². The van der Waals surface area contributed by atoms with Crippen LogP contribution in [0.5, 0.6) is 0 Å². The van der Waals surface area contributed by atoms with Crippen LogP contribution in [0.15, 0.2) is 96.0 Å². The van der Waals surface area contributed by atoms with Gasteiger partial charge in [-0.3, -0.25) is 0 Å². The van der Waals surface area contributed by atoms with E-state index < -0.39 is 0 Å². The van der Waals surface area contributed by atoms with E-state index in [0.29, 0.717) is 42.7 Å². The van der Waals surface area contributed by atoms with Crippen LogP contribution in [0.4, 0.5) is 11.5 Å². The Balaban J connectivity index is 1.48. The molecule has 7 nitrogen and oxygen atoms in total. The topological polar surface area (TPSA) is 90.0 Å². The smallest absolute Gasteiger partial charge is 0.170 e. The van der Waals surface area contributed by atoms with Crippen LogP contribution < -0.4 is 15.5 Å². The monoisotopic (exact) mass is 482 g/mol. The number of thiocarbonyl (C=S) groups is 1. The zero-order chi connectivity index (χ0) is 24.3. The second kappa shape index (κ2) is 12.3. The van der Waals surface area contributed by atoms with Crippen molar-refractivity contribution in [3.63, 3.8) is 0 Å². The molecule has 2 aromatic heterocycles. The molecular formula is C27H26N6OS. The van der Waals surface area contributed by atoms with E-state index in [-0.39, 0.29) is 5.92 Å². The van der Waals surface area contributed by atoms with E-state index in [1.807, 2.05) is 53.4 Å². The highest BCUT2D eigenvalue weighted by Crippen LogP contribution is 2.25. The molecule has 0 unspecified atom stereocenters. The Hall–Kier alpha value is -4.22. The summed E-state index contributed by atoms with van der Waals surface area (Å²) in [5.74, 6) is 1.56. The van der Waals surface area contributed by atoms with Crippen molar-refractivity contribution >= 4 is 28.8 Å². The molecule has 0 aliphatic heterocycles. The van der Waals surface area contributed by atoms with Gasteiger partial charge in [-0.1, -0.05) is 60.7 Å². The van der Waals surface area contributed by atoms with E-state index in [1.54, 1.807) is 12.5 Å². The number of aromatic nitrogens is 2. The molecule has 0 saturated carbocycles. The summed E-state index contributed by atoms with van der Waals surface area (Å²) >= 11 is 5.64. The van der Waals surface area contributed by atoms with E-state index in [1.165, 1.54) is 17.5 Å². The fraction of sp³-hybridized carbons (Fsp3) is 0.185. The third kappa shape index (κ3) is 6.65. The number of benzene rings is 2. The molecule has 4 rings (SSSR count). The number of hydrogen-bond acceptors (Lipinski definition) is 6. The minimum atomic E-state index is 0.134. The lowest BCUT2D eigenvalue weighted by Gasteiger charge is -2.25. The molecule has 176 valence electrons. The number of furan rings is 1. The maximum atomic E-state index is 9.13. The van der Waals surface area contributed by atoms with E-state index in [2.05, 4.69) is 50.9 Å². The van der Waals surface area contributed by atoms with Crippen molar-refractivity contribution in [3.05, 3.63) is 108 Å². The van der Waals surface area contributed by atoms with Gasteiger partial charge in [-0.05, 0) is 35.5 Å². The molecule has 35 heavy (non-hydrogen) atoms. The number of nitriles is 1. The lowest BCUT2D eigenvalue weighted by molar-refractivity contribution is 0.501. The number of nitrogens with zero attached hydrogens (tertiary/aromatic N) is 4. The van der Waals surface area contributed by atoms with Gasteiger partial charge in [0.25, 0.3) is 0 Å². The number of nitrogens with one attached hydrogen (secondary N) is 2. The Labute approximate surface area is 210 Å². The average Bonchev–Trinajstić information content (AvgIpc) is 3.42. The molecule has 0 aliphatic rings. The van der Waals surface area contributed by atoms with Gasteiger partial charge in [-0.15, -0.1) is 0 Å². The highest BCUT2D eigenvalue weighted by Gasteiger charge is 2.17. The Morgan fingerprint density at radius 3 is 2.37 bits per heavy atom. The van der Waals surface area contributed by atoms with Crippen LogP contribution >= 0.6 is 12.2 Å². The molecule has 0 spiro atoms. The van der Waals surface area contributed by atoms with Crippen LogP contribution in [0.1, 0.15) is 29.2 Å². The van der Waals surface area contributed by atoms with Crippen LogP contribution in [0.3, 0.4) is 0 Å². The summed E-state index contributed by atoms with van der Waals surface area (Å²) in [7, 11) is 0. The maximum Gasteiger partial charge on any atom is 0.170 e. The minimum absolute atomic E-state index is 0.134. The van der Waals surface area contributed by atoms with Gasteiger partial charge in [-0.25, -0.2) is 9.97 Å². The lowest BCUT2D eigenvalue weighted by Crippen LogP contribution is -2.33. The predicted octanol–water partition coefficient (Wildman–Crippen LogP) is 5.11. The third-order valence-electron chi connectivity index (χ3n) is 5.53. The molecule has 0 atom stereocenters. The Morgan fingerprint density at radius 1 is 1.03 bits per heavy atom. The fourth-order valence-electron chi connectivity index (χ4n) is 3.86. The molecule has 0 saturated heterocycles. The summed E-state index contributed by atoms with van der Waals surface area (Å²) < 4.78 is 5.51. The first-order valence-electron chi connectivity index (χ1n) is 11.3. The number of hydrogen-bond donors (Lipinski definition) is 2. The molecule has 0 amide bonds. The summed E-state index contributed by atoms with van der Waals surface area (Å²) in [4.78, 5) is 10.6. The molecule has 4 aromatic rings. The highest BCUT2D eigenvalue weighted by atomic mass is 32.1.